The summed E-state index contributed by atoms with van der Waals surface area (Å²) in [5.41, 5.74) is 13.7. The number of hydrogen-bond donors (Lipinski definition) is 1. The topological polar surface area (TPSA) is 64.1 Å². The Morgan fingerprint density at radius 3 is 1.98 bits per heavy atom. The molecule has 62 heavy (non-hydrogen) atoms. The summed E-state index contributed by atoms with van der Waals surface area (Å²) in [5, 5.41) is 15.7. The van der Waals surface area contributed by atoms with Gasteiger partial charge in [0.1, 0.15) is 22.7 Å². The van der Waals surface area contributed by atoms with E-state index in [1.807, 2.05) is 48.7 Å². The summed E-state index contributed by atoms with van der Waals surface area (Å²) in [5.74, 6) is 0.804. The number of phenols is 1. The van der Waals surface area contributed by atoms with Gasteiger partial charge < -0.3 is 9.52 Å². The summed E-state index contributed by atoms with van der Waals surface area (Å²) in [6, 6.07) is 64.1. The Morgan fingerprint density at radius 1 is 0.565 bits per heavy atom. The molecule has 0 unspecified atom stereocenters. The molecule has 11 rings (SSSR count). The van der Waals surface area contributed by atoms with E-state index in [0.717, 1.165) is 94.1 Å². The third-order valence-electron chi connectivity index (χ3n) is 11.8. The number of imidazole rings is 1. The third-order valence-corrected chi connectivity index (χ3v) is 11.8. The Kier molecular flexibility index (Phi) is 9.73. The van der Waals surface area contributed by atoms with Crippen molar-refractivity contribution in [1.82, 2.24) is 14.5 Å². The van der Waals surface area contributed by atoms with E-state index in [9.17, 15) is 5.11 Å². The van der Waals surface area contributed by atoms with Crippen LogP contribution in [0.25, 0.3) is 105 Å². The first kappa shape index (κ1) is 39.1. The average molecular weight is 982 g/mol. The average Bonchev–Trinajstić information content (AvgIpc) is 3.86. The number of aromatic nitrogens is 3. The molecule has 0 spiro atoms. The largest absolute Gasteiger partial charge is 0.507 e. The van der Waals surface area contributed by atoms with E-state index in [0.29, 0.717) is 11.4 Å². The fourth-order valence-electron chi connectivity index (χ4n) is 8.60. The first-order valence-corrected chi connectivity index (χ1v) is 20.6. The van der Waals surface area contributed by atoms with Crippen molar-refractivity contribution >= 4 is 43.7 Å². The van der Waals surface area contributed by atoms with E-state index in [1.165, 1.54) is 5.56 Å². The molecule has 11 aromatic rings. The third kappa shape index (κ3) is 6.80. The molecule has 0 radical (unpaired) electrons. The number of furan rings is 1. The quantitative estimate of drug-likeness (QED) is 0.169. The van der Waals surface area contributed by atoms with Crippen molar-refractivity contribution in [3.8, 4) is 67.5 Å². The van der Waals surface area contributed by atoms with Crippen molar-refractivity contribution in [3.63, 3.8) is 0 Å². The number of benzene rings is 8. The molecule has 0 amide bonds. The van der Waals surface area contributed by atoms with Crippen LogP contribution in [0.1, 0.15) is 26.3 Å². The standard InChI is InChI=1S/C56H40N3O2.Pt/c1-56(2,3)42-25-26-49(45(32-42)36-17-8-5-9-18-36)59-50-23-14-22-43(54(50)58-55(59)44-21-12-13-24-51(44)60)40-27-39(35-15-6-4-7-16-35)28-41(29-40)48-33-53-47(34-57-48)46-30-37-19-10-11-20-38(37)31-52(46)61-53;/h4-28,30-34,60H,1-3H3;/q-1;. The van der Waals surface area contributed by atoms with Gasteiger partial charge in [-0.1, -0.05) is 153 Å². The number of para-hydroxylation sites is 2. The molecule has 0 aliphatic heterocycles. The van der Waals surface area contributed by atoms with E-state index in [4.69, 9.17) is 14.4 Å². The van der Waals surface area contributed by atoms with Gasteiger partial charge >= 0.3 is 0 Å². The van der Waals surface area contributed by atoms with Crippen LogP contribution in [-0.2, 0) is 26.5 Å². The second-order valence-corrected chi connectivity index (χ2v) is 16.7. The minimum atomic E-state index is -0.0669. The second kappa shape index (κ2) is 15.4. The van der Waals surface area contributed by atoms with Crippen LogP contribution in [0, 0.1) is 6.07 Å². The Hall–Kier alpha value is -7.07. The van der Waals surface area contributed by atoms with Crippen molar-refractivity contribution in [3.05, 3.63) is 194 Å². The van der Waals surface area contributed by atoms with Crippen LogP contribution in [-0.4, -0.2) is 19.6 Å². The van der Waals surface area contributed by atoms with Crippen molar-refractivity contribution in [2.24, 2.45) is 0 Å². The van der Waals surface area contributed by atoms with Gasteiger partial charge in [-0.25, -0.2) is 4.98 Å². The van der Waals surface area contributed by atoms with E-state index < -0.39 is 0 Å². The fraction of sp³-hybridized carbons (Fsp3) is 0.0714. The Morgan fingerprint density at radius 2 is 1.23 bits per heavy atom. The summed E-state index contributed by atoms with van der Waals surface area (Å²) in [6.45, 7) is 6.72. The van der Waals surface area contributed by atoms with Crippen molar-refractivity contribution in [1.29, 1.82) is 0 Å². The zero-order valence-electron chi connectivity index (χ0n) is 34.3. The van der Waals surface area contributed by atoms with E-state index in [-0.39, 0.29) is 32.2 Å². The van der Waals surface area contributed by atoms with E-state index in [2.05, 4.69) is 159 Å². The molecule has 8 aromatic carbocycles. The zero-order valence-corrected chi connectivity index (χ0v) is 36.6. The van der Waals surface area contributed by atoms with Crippen LogP contribution in [0.4, 0.5) is 0 Å². The number of phenolic OH excluding ortho intramolecular Hbond substituents is 1. The van der Waals surface area contributed by atoms with Gasteiger partial charge in [0.15, 0.2) is 0 Å². The van der Waals surface area contributed by atoms with Gasteiger partial charge in [0.05, 0.1) is 22.3 Å². The Labute approximate surface area is 374 Å². The number of pyridine rings is 1. The molecule has 302 valence electrons. The van der Waals surface area contributed by atoms with Crippen molar-refractivity contribution in [2.75, 3.05) is 0 Å². The van der Waals surface area contributed by atoms with Gasteiger partial charge in [0, 0.05) is 49.3 Å². The maximum atomic E-state index is 11.4. The molecule has 3 aromatic heterocycles. The maximum absolute atomic E-state index is 11.4. The maximum Gasteiger partial charge on any atom is 0.148 e. The van der Waals surface area contributed by atoms with E-state index in [1.54, 1.807) is 6.07 Å². The molecular weight excluding hydrogens is 942 g/mol. The van der Waals surface area contributed by atoms with E-state index >= 15 is 0 Å². The molecule has 0 bridgehead atoms. The number of nitrogens with zero attached hydrogens (tertiary/aromatic N) is 3. The van der Waals surface area contributed by atoms with Crippen LogP contribution in [0.15, 0.2) is 187 Å². The van der Waals surface area contributed by atoms with Gasteiger partial charge in [-0.05, 0) is 81.4 Å². The SMILES string of the molecule is CC(C)(C)c1ccc(-n2c(-c3ccccc3O)nc3c(-c4[c-]c(-c5cc6oc7cc8ccccc8cc7c6cn5)cc(-c5ccccc5)c4)cccc32)c(-c2ccccc2)c1.[Pt]. The molecule has 0 saturated heterocycles. The first-order chi connectivity index (χ1) is 29.8. The Balaban J connectivity index is 0.00000458. The van der Waals surface area contributed by atoms with Crippen LogP contribution < -0.4 is 0 Å². The molecule has 0 saturated carbocycles. The van der Waals surface area contributed by atoms with Crippen LogP contribution in [0.3, 0.4) is 0 Å². The molecule has 6 heteroatoms. The van der Waals surface area contributed by atoms with Crippen molar-refractivity contribution in [2.45, 2.75) is 26.2 Å². The molecule has 0 atom stereocenters. The minimum absolute atomic E-state index is 0. The predicted octanol–water partition coefficient (Wildman–Crippen LogP) is 14.6. The summed E-state index contributed by atoms with van der Waals surface area (Å²) >= 11 is 0. The van der Waals surface area contributed by atoms with Crippen LogP contribution in [0.5, 0.6) is 5.75 Å². The summed E-state index contributed by atoms with van der Waals surface area (Å²) in [7, 11) is 0. The van der Waals surface area contributed by atoms with Gasteiger partial charge in [-0.2, -0.15) is 0 Å². The summed E-state index contributed by atoms with van der Waals surface area (Å²) in [6.07, 6.45) is 1.92. The van der Waals surface area contributed by atoms with Crippen molar-refractivity contribution < 1.29 is 30.6 Å². The summed E-state index contributed by atoms with van der Waals surface area (Å²) in [4.78, 5) is 10.5. The normalized spacial score (nSPS) is 11.7. The predicted molar refractivity (Wildman–Crippen MR) is 250 cm³/mol. The smallest absolute Gasteiger partial charge is 0.148 e. The van der Waals surface area contributed by atoms with Crippen LogP contribution >= 0.6 is 0 Å². The monoisotopic (exact) mass is 981 g/mol. The minimum Gasteiger partial charge on any atom is -0.507 e. The number of aromatic hydroxyl groups is 1. The number of fused-ring (bicyclic) bond motifs is 5. The number of hydrogen-bond acceptors (Lipinski definition) is 4. The summed E-state index contributed by atoms with van der Waals surface area (Å²) < 4.78 is 8.70. The second-order valence-electron chi connectivity index (χ2n) is 16.7. The fourth-order valence-corrected chi connectivity index (χ4v) is 8.60. The zero-order chi connectivity index (χ0) is 41.2. The van der Waals surface area contributed by atoms with Gasteiger partial charge in [0.25, 0.3) is 0 Å². The molecule has 3 heterocycles. The molecule has 0 fully saturated rings. The van der Waals surface area contributed by atoms with Gasteiger partial charge in [-0.15, -0.1) is 23.8 Å². The van der Waals surface area contributed by atoms with Crippen LogP contribution in [0.2, 0.25) is 0 Å². The number of rotatable bonds is 6. The molecule has 1 N–H and O–H groups in total. The van der Waals surface area contributed by atoms with Gasteiger partial charge in [0.2, 0.25) is 0 Å². The van der Waals surface area contributed by atoms with Gasteiger partial charge in [-0.3, -0.25) is 9.55 Å². The molecular formula is C56H40N3O2Pt-. The molecule has 0 aliphatic carbocycles. The Bertz CT molecular complexity index is 3470. The molecule has 0 aliphatic rings. The first-order valence-electron chi connectivity index (χ1n) is 20.6. The molecule has 5 nitrogen and oxygen atoms in total.